The fraction of sp³-hybridized carbons (Fsp3) is 0.176. The second-order valence-electron chi connectivity index (χ2n) is 5.72. The summed E-state index contributed by atoms with van der Waals surface area (Å²) >= 11 is 0. The number of anilines is 2. The minimum absolute atomic E-state index is 0.179. The molecule has 1 aliphatic carbocycles. The number of hydrogen-bond donors (Lipinski definition) is 2. The number of nitrogen functional groups attached to an aromatic ring is 2. The molecule has 0 radical (unpaired) electrons. The molecule has 0 amide bonds. The van der Waals surface area contributed by atoms with Crippen LogP contribution >= 0.6 is 0 Å². The Kier molecular flexibility index (Phi) is 3.56. The molecule has 0 fully saturated rings. The molecule has 0 spiro atoms. The molecule has 2 aromatic carbocycles. The molecule has 3 rings (SSSR count). The zero-order valence-corrected chi connectivity index (χ0v) is 12.5. The van der Waals surface area contributed by atoms with Crippen molar-refractivity contribution < 1.29 is 26.3 Å². The van der Waals surface area contributed by atoms with Crippen molar-refractivity contribution in [2.24, 2.45) is 0 Å². The predicted octanol–water partition coefficient (Wildman–Crippen LogP) is 4.68. The molecule has 0 heterocycles. The van der Waals surface area contributed by atoms with Crippen LogP contribution in [0.3, 0.4) is 0 Å². The molecule has 4 N–H and O–H groups in total. The molecule has 0 atom stereocenters. The van der Waals surface area contributed by atoms with E-state index >= 15 is 0 Å². The van der Waals surface area contributed by atoms with E-state index in [1.807, 2.05) is 0 Å². The van der Waals surface area contributed by atoms with Crippen LogP contribution in [0.4, 0.5) is 37.7 Å². The molecule has 0 aromatic heterocycles. The minimum atomic E-state index is -5.58. The van der Waals surface area contributed by atoms with E-state index in [0.717, 1.165) is 24.3 Å². The van der Waals surface area contributed by atoms with Crippen molar-refractivity contribution in [1.82, 2.24) is 0 Å². The molecular weight excluding hydrogens is 346 g/mol. The normalized spacial score (nSPS) is 20.7. The highest BCUT2D eigenvalue weighted by molar-refractivity contribution is 6.01. The first-order valence-corrected chi connectivity index (χ1v) is 7.10. The molecule has 0 saturated carbocycles. The second kappa shape index (κ2) is 5.18. The maximum absolute atomic E-state index is 14.3. The first-order chi connectivity index (χ1) is 11.5. The molecular formula is C17H12F6N2. The first kappa shape index (κ1) is 17.2. The van der Waals surface area contributed by atoms with Crippen molar-refractivity contribution in [2.45, 2.75) is 17.8 Å². The molecule has 132 valence electrons. The third-order valence-electron chi connectivity index (χ3n) is 4.07. The van der Waals surface area contributed by atoms with Gasteiger partial charge in [-0.1, -0.05) is 24.3 Å². The SMILES string of the molecule is Nc1ccc(C2=C(c3ccc(N)cc3)C(F)(F)C(F)(F)C2(F)F)cc1. The summed E-state index contributed by atoms with van der Waals surface area (Å²) in [6.07, 6.45) is 0. The monoisotopic (exact) mass is 358 g/mol. The quantitative estimate of drug-likeness (QED) is 0.605. The molecule has 0 saturated heterocycles. The number of rotatable bonds is 2. The van der Waals surface area contributed by atoms with Crippen LogP contribution in [0.5, 0.6) is 0 Å². The van der Waals surface area contributed by atoms with Gasteiger partial charge in [0, 0.05) is 22.5 Å². The number of halogens is 6. The zero-order valence-electron chi connectivity index (χ0n) is 12.5. The standard InChI is InChI=1S/C17H12F6N2/c18-15(19)13(9-1-5-11(24)6-2-9)14(16(20,21)17(15,22)23)10-3-7-12(25)8-4-10/h1-8H,24-25H2. The van der Waals surface area contributed by atoms with Gasteiger partial charge in [0.1, 0.15) is 0 Å². The smallest absolute Gasteiger partial charge is 0.380 e. The number of allylic oxidation sites excluding steroid dienone is 2. The van der Waals surface area contributed by atoms with Gasteiger partial charge in [0.2, 0.25) is 0 Å². The average molecular weight is 358 g/mol. The predicted molar refractivity (Wildman–Crippen MR) is 83.4 cm³/mol. The van der Waals surface area contributed by atoms with Crippen molar-refractivity contribution in [2.75, 3.05) is 11.5 Å². The van der Waals surface area contributed by atoms with Crippen molar-refractivity contribution in [1.29, 1.82) is 0 Å². The molecule has 0 unspecified atom stereocenters. The summed E-state index contributed by atoms with van der Waals surface area (Å²) < 4.78 is 85.2. The van der Waals surface area contributed by atoms with Gasteiger partial charge in [-0.25, -0.2) is 0 Å². The lowest BCUT2D eigenvalue weighted by Gasteiger charge is -2.25. The average Bonchev–Trinajstić information content (AvgIpc) is 2.64. The highest BCUT2D eigenvalue weighted by Gasteiger charge is 2.80. The number of nitrogens with two attached hydrogens (primary N) is 2. The minimum Gasteiger partial charge on any atom is -0.399 e. The maximum Gasteiger partial charge on any atom is 0.380 e. The highest BCUT2D eigenvalue weighted by atomic mass is 19.3. The van der Waals surface area contributed by atoms with Gasteiger partial charge in [-0.3, -0.25) is 0 Å². The second-order valence-corrected chi connectivity index (χ2v) is 5.72. The Hall–Kier alpha value is -2.64. The van der Waals surface area contributed by atoms with E-state index in [9.17, 15) is 26.3 Å². The van der Waals surface area contributed by atoms with Crippen LogP contribution in [-0.4, -0.2) is 17.8 Å². The Labute approximate surface area is 138 Å². The van der Waals surface area contributed by atoms with E-state index in [2.05, 4.69) is 0 Å². The van der Waals surface area contributed by atoms with E-state index in [1.54, 1.807) is 0 Å². The zero-order chi connectivity index (χ0) is 18.6. The number of alkyl halides is 6. The number of hydrogen-bond acceptors (Lipinski definition) is 2. The van der Waals surface area contributed by atoms with Crippen LogP contribution in [0, 0.1) is 0 Å². The van der Waals surface area contributed by atoms with Crippen molar-refractivity contribution >= 4 is 22.5 Å². The summed E-state index contributed by atoms with van der Waals surface area (Å²) in [4.78, 5) is 0. The molecule has 2 nitrogen and oxygen atoms in total. The lowest BCUT2D eigenvalue weighted by atomic mass is 9.94. The fourth-order valence-corrected chi connectivity index (χ4v) is 2.78. The van der Waals surface area contributed by atoms with Crippen LogP contribution in [0.25, 0.3) is 11.1 Å². The van der Waals surface area contributed by atoms with Crippen LogP contribution in [0.15, 0.2) is 48.5 Å². The molecule has 25 heavy (non-hydrogen) atoms. The molecule has 0 bridgehead atoms. The van der Waals surface area contributed by atoms with Gasteiger partial charge < -0.3 is 11.5 Å². The summed E-state index contributed by atoms with van der Waals surface area (Å²) in [6.45, 7) is 0. The van der Waals surface area contributed by atoms with Crippen LogP contribution < -0.4 is 11.5 Å². The van der Waals surface area contributed by atoms with Gasteiger partial charge in [-0.15, -0.1) is 0 Å². The summed E-state index contributed by atoms with van der Waals surface area (Å²) in [5.74, 6) is -15.7. The topological polar surface area (TPSA) is 52.0 Å². The van der Waals surface area contributed by atoms with Crippen LogP contribution in [0.2, 0.25) is 0 Å². The molecule has 8 heteroatoms. The Balaban J connectivity index is 2.36. The first-order valence-electron chi connectivity index (χ1n) is 7.10. The van der Waals surface area contributed by atoms with E-state index in [0.29, 0.717) is 0 Å². The summed E-state index contributed by atoms with van der Waals surface area (Å²) in [5.41, 5.74) is 7.50. The van der Waals surface area contributed by atoms with Gasteiger partial charge in [0.25, 0.3) is 0 Å². The Morgan fingerprint density at radius 2 is 0.800 bits per heavy atom. The van der Waals surface area contributed by atoms with Crippen molar-refractivity contribution in [3.05, 3.63) is 59.7 Å². The third kappa shape index (κ3) is 2.27. The Morgan fingerprint density at radius 1 is 0.520 bits per heavy atom. The lowest BCUT2D eigenvalue weighted by molar-refractivity contribution is -0.254. The van der Waals surface area contributed by atoms with E-state index < -0.39 is 40.0 Å². The van der Waals surface area contributed by atoms with E-state index in [1.165, 1.54) is 24.3 Å². The van der Waals surface area contributed by atoms with E-state index in [-0.39, 0.29) is 11.4 Å². The van der Waals surface area contributed by atoms with Crippen LogP contribution in [-0.2, 0) is 0 Å². The third-order valence-corrected chi connectivity index (χ3v) is 4.07. The van der Waals surface area contributed by atoms with Crippen molar-refractivity contribution in [3.8, 4) is 0 Å². The lowest BCUT2D eigenvalue weighted by Crippen LogP contribution is -2.48. The number of benzene rings is 2. The maximum atomic E-state index is 14.3. The molecule has 2 aromatic rings. The van der Waals surface area contributed by atoms with Crippen LogP contribution in [0.1, 0.15) is 11.1 Å². The Bertz CT molecular complexity index is 769. The van der Waals surface area contributed by atoms with Gasteiger partial charge in [-0.2, -0.15) is 26.3 Å². The van der Waals surface area contributed by atoms with Gasteiger partial charge in [0.15, 0.2) is 0 Å². The summed E-state index contributed by atoms with van der Waals surface area (Å²) in [5, 5.41) is 0. The van der Waals surface area contributed by atoms with Crippen molar-refractivity contribution in [3.63, 3.8) is 0 Å². The Morgan fingerprint density at radius 3 is 1.08 bits per heavy atom. The van der Waals surface area contributed by atoms with Gasteiger partial charge in [-0.05, 0) is 35.4 Å². The van der Waals surface area contributed by atoms with Gasteiger partial charge in [0.05, 0.1) is 0 Å². The molecule has 0 aliphatic heterocycles. The summed E-state index contributed by atoms with van der Waals surface area (Å²) in [6, 6.07) is 8.73. The van der Waals surface area contributed by atoms with E-state index in [4.69, 9.17) is 11.5 Å². The fourth-order valence-electron chi connectivity index (χ4n) is 2.78. The summed E-state index contributed by atoms with van der Waals surface area (Å²) in [7, 11) is 0. The van der Waals surface area contributed by atoms with Gasteiger partial charge >= 0.3 is 17.8 Å². The highest BCUT2D eigenvalue weighted by Crippen LogP contribution is 2.64. The largest absolute Gasteiger partial charge is 0.399 e. The molecule has 1 aliphatic rings.